The van der Waals surface area contributed by atoms with Gasteiger partial charge in [-0.2, -0.15) is 13.2 Å². The van der Waals surface area contributed by atoms with Crippen LogP contribution in [0.15, 0.2) is 18.2 Å². The Labute approximate surface area is 176 Å². The van der Waals surface area contributed by atoms with Crippen molar-refractivity contribution in [3.63, 3.8) is 0 Å². The summed E-state index contributed by atoms with van der Waals surface area (Å²) in [4.78, 5) is 37.8. The number of benzene rings is 1. The Kier molecular flexibility index (Phi) is 6.00. The van der Waals surface area contributed by atoms with Gasteiger partial charge in [-0.3, -0.25) is 19.7 Å². The van der Waals surface area contributed by atoms with Crippen molar-refractivity contribution in [1.82, 2.24) is 20.9 Å². The van der Waals surface area contributed by atoms with Crippen molar-refractivity contribution in [2.24, 2.45) is 0 Å². The summed E-state index contributed by atoms with van der Waals surface area (Å²) >= 11 is 0. The third-order valence-electron chi connectivity index (χ3n) is 5.77. The highest BCUT2D eigenvalue weighted by Crippen LogP contribution is 2.28. The summed E-state index contributed by atoms with van der Waals surface area (Å²) in [7, 11) is 0. The van der Waals surface area contributed by atoms with Gasteiger partial charge in [-0.15, -0.1) is 0 Å². The van der Waals surface area contributed by atoms with E-state index in [-0.39, 0.29) is 37.4 Å². The average Bonchev–Trinajstić information content (AvgIpc) is 3.04. The molecule has 3 N–H and O–H groups in total. The quantitative estimate of drug-likeness (QED) is 0.576. The number of amides is 3. The maximum Gasteiger partial charge on any atom is 0.415 e. The first-order valence-corrected chi connectivity index (χ1v) is 10.1. The van der Waals surface area contributed by atoms with E-state index in [2.05, 4.69) is 16.0 Å². The highest BCUT2D eigenvalue weighted by molar-refractivity contribution is 6.05. The van der Waals surface area contributed by atoms with Crippen LogP contribution in [0, 0.1) is 0 Å². The van der Waals surface area contributed by atoms with Gasteiger partial charge in [-0.25, -0.2) is 0 Å². The molecule has 3 aliphatic rings. The summed E-state index contributed by atoms with van der Waals surface area (Å²) in [6, 6.07) is 4.58. The normalized spacial score (nSPS) is 26.7. The Bertz CT molecular complexity index is 884. The number of hydrogen-bond donors (Lipinski definition) is 3. The van der Waals surface area contributed by atoms with Crippen molar-refractivity contribution in [2.45, 2.75) is 50.3 Å². The number of piperidine rings is 1. The van der Waals surface area contributed by atoms with Gasteiger partial charge in [-0.1, -0.05) is 12.1 Å². The molecule has 3 unspecified atom stereocenters. The second kappa shape index (κ2) is 8.56. The van der Waals surface area contributed by atoms with Gasteiger partial charge in [-0.05, 0) is 23.6 Å². The number of halogens is 3. The van der Waals surface area contributed by atoms with Gasteiger partial charge in [0.1, 0.15) is 6.04 Å². The van der Waals surface area contributed by atoms with Crippen molar-refractivity contribution in [2.75, 3.05) is 19.7 Å². The van der Waals surface area contributed by atoms with Crippen LogP contribution in [0.25, 0.3) is 0 Å². The fourth-order valence-electron chi connectivity index (χ4n) is 4.07. The van der Waals surface area contributed by atoms with Gasteiger partial charge in [0.05, 0.1) is 6.61 Å². The lowest BCUT2D eigenvalue weighted by molar-refractivity contribution is -0.228. The topological polar surface area (TPSA) is 99.8 Å². The molecule has 0 aromatic heterocycles. The highest BCUT2D eigenvalue weighted by Gasteiger charge is 2.43. The molecule has 0 bridgehead atoms. The Balaban J connectivity index is 1.29. The number of nitrogens with zero attached hydrogens (tertiary/aromatic N) is 1. The molecule has 0 radical (unpaired) electrons. The number of carbonyl (C=O) groups excluding carboxylic acids is 3. The molecule has 3 heterocycles. The molecule has 1 aromatic rings. The molecule has 0 spiro atoms. The predicted octanol–water partition coefficient (Wildman–Crippen LogP) is 0.457. The molecule has 3 atom stereocenters. The molecule has 4 rings (SSSR count). The fraction of sp³-hybridized carbons (Fsp3) is 0.550. The standard InChI is InChI=1S/C20H23F3N4O4/c21-20(22,23)16-8-25-13(10-31-16)7-24-6-11-1-2-12-9-27(19(30)14(12)5-11)15-3-4-17(28)26-18(15)29/h1-2,5,13,15-16,24-25H,3-4,6-10H2,(H,26,28,29). The zero-order valence-electron chi connectivity index (χ0n) is 16.6. The minimum atomic E-state index is -4.37. The molecule has 0 aliphatic carbocycles. The number of hydrogen-bond acceptors (Lipinski definition) is 6. The molecule has 2 fully saturated rings. The van der Waals surface area contributed by atoms with Crippen LogP contribution < -0.4 is 16.0 Å². The number of carbonyl (C=O) groups is 3. The molecule has 11 heteroatoms. The van der Waals surface area contributed by atoms with E-state index in [4.69, 9.17) is 4.74 Å². The zero-order valence-corrected chi connectivity index (χ0v) is 16.6. The first-order chi connectivity index (χ1) is 14.7. The van der Waals surface area contributed by atoms with Crippen molar-refractivity contribution in [1.29, 1.82) is 0 Å². The highest BCUT2D eigenvalue weighted by atomic mass is 19.4. The largest absolute Gasteiger partial charge is 0.415 e. The third-order valence-corrected chi connectivity index (χ3v) is 5.77. The lowest BCUT2D eigenvalue weighted by Gasteiger charge is -2.31. The van der Waals surface area contributed by atoms with E-state index in [9.17, 15) is 27.6 Å². The number of ether oxygens (including phenoxy) is 1. The van der Waals surface area contributed by atoms with Crippen LogP contribution in [0.3, 0.4) is 0 Å². The summed E-state index contributed by atoms with van der Waals surface area (Å²) < 4.78 is 42.7. The molecule has 3 amide bonds. The van der Waals surface area contributed by atoms with E-state index >= 15 is 0 Å². The van der Waals surface area contributed by atoms with Crippen molar-refractivity contribution in [3.05, 3.63) is 34.9 Å². The van der Waals surface area contributed by atoms with Crippen LogP contribution in [-0.4, -0.2) is 66.7 Å². The Hall–Kier alpha value is -2.50. The summed E-state index contributed by atoms with van der Waals surface area (Å²) in [5.74, 6) is -1.02. The van der Waals surface area contributed by atoms with E-state index in [1.165, 1.54) is 4.90 Å². The van der Waals surface area contributed by atoms with Gasteiger partial charge in [0, 0.05) is 44.2 Å². The average molecular weight is 440 g/mol. The molecule has 31 heavy (non-hydrogen) atoms. The molecule has 3 aliphatic heterocycles. The number of rotatable bonds is 5. The minimum absolute atomic E-state index is 0.0409. The van der Waals surface area contributed by atoms with E-state index in [0.29, 0.717) is 31.6 Å². The monoisotopic (exact) mass is 440 g/mol. The van der Waals surface area contributed by atoms with Crippen LogP contribution in [0.2, 0.25) is 0 Å². The molecular weight excluding hydrogens is 417 g/mol. The van der Waals surface area contributed by atoms with Crippen LogP contribution in [0.4, 0.5) is 13.2 Å². The zero-order chi connectivity index (χ0) is 22.2. The maximum absolute atomic E-state index is 12.8. The number of fused-ring (bicyclic) bond motifs is 1. The number of imide groups is 1. The second-order valence-corrected chi connectivity index (χ2v) is 7.99. The number of alkyl halides is 3. The van der Waals surface area contributed by atoms with E-state index in [1.54, 1.807) is 6.07 Å². The summed E-state index contributed by atoms with van der Waals surface area (Å²) in [5.41, 5.74) is 2.19. The first kappa shape index (κ1) is 21.7. The predicted molar refractivity (Wildman–Crippen MR) is 102 cm³/mol. The smallest absolute Gasteiger partial charge is 0.366 e. The van der Waals surface area contributed by atoms with Crippen molar-refractivity contribution in [3.8, 4) is 0 Å². The van der Waals surface area contributed by atoms with E-state index in [0.717, 1.165) is 11.1 Å². The van der Waals surface area contributed by atoms with Crippen LogP contribution in [0.5, 0.6) is 0 Å². The van der Waals surface area contributed by atoms with Gasteiger partial charge in [0.15, 0.2) is 6.10 Å². The second-order valence-electron chi connectivity index (χ2n) is 7.99. The van der Waals surface area contributed by atoms with Crippen molar-refractivity contribution < 1.29 is 32.3 Å². The fourth-order valence-corrected chi connectivity index (χ4v) is 4.07. The van der Waals surface area contributed by atoms with E-state index < -0.39 is 24.2 Å². The van der Waals surface area contributed by atoms with Gasteiger partial charge >= 0.3 is 6.18 Å². The lowest BCUT2D eigenvalue weighted by atomic mass is 10.0. The summed E-state index contributed by atoms with van der Waals surface area (Å²) in [5, 5.41) is 8.27. The minimum Gasteiger partial charge on any atom is -0.366 e. The first-order valence-electron chi connectivity index (χ1n) is 10.1. The number of morpholine rings is 1. The van der Waals surface area contributed by atoms with Gasteiger partial charge in [0.25, 0.3) is 5.91 Å². The molecule has 0 saturated carbocycles. The number of nitrogens with one attached hydrogen (secondary N) is 3. The van der Waals surface area contributed by atoms with Gasteiger partial charge in [0.2, 0.25) is 11.8 Å². The lowest BCUT2D eigenvalue weighted by Crippen LogP contribution is -2.54. The Morgan fingerprint density at radius 2 is 2.03 bits per heavy atom. The van der Waals surface area contributed by atoms with Gasteiger partial charge < -0.3 is 20.3 Å². The molecule has 8 nitrogen and oxygen atoms in total. The Morgan fingerprint density at radius 1 is 1.23 bits per heavy atom. The van der Waals surface area contributed by atoms with Crippen LogP contribution in [0.1, 0.15) is 34.3 Å². The maximum atomic E-state index is 12.8. The van der Waals surface area contributed by atoms with Crippen molar-refractivity contribution >= 4 is 17.7 Å². The molecule has 2 saturated heterocycles. The van der Waals surface area contributed by atoms with Crippen LogP contribution in [-0.2, 0) is 27.4 Å². The summed E-state index contributed by atoms with van der Waals surface area (Å²) in [6.45, 7) is 0.843. The SMILES string of the molecule is O=C1CCC(N2Cc3ccc(CNCC4COC(C(F)(F)F)CN4)cc3C2=O)C(=O)N1. The summed E-state index contributed by atoms with van der Waals surface area (Å²) in [6.07, 6.45) is -5.64. The van der Waals surface area contributed by atoms with E-state index in [1.807, 2.05) is 12.1 Å². The third kappa shape index (κ3) is 4.73. The molecular formula is C20H23F3N4O4. The van der Waals surface area contributed by atoms with Crippen LogP contribution >= 0.6 is 0 Å². The molecule has 168 valence electrons. The molecule has 1 aromatic carbocycles. The Morgan fingerprint density at radius 3 is 2.71 bits per heavy atom.